The van der Waals surface area contributed by atoms with Crippen LogP contribution in [0.5, 0.6) is 11.5 Å². The number of likely N-dealkylation sites (tertiary alicyclic amines) is 1. The molecule has 6 heteroatoms. The van der Waals surface area contributed by atoms with Gasteiger partial charge in [-0.3, -0.25) is 9.59 Å². The topological polar surface area (TPSA) is 76.1 Å². The zero-order valence-corrected chi connectivity index (χ0v) is 14.5. The van der Waals surface area contributed by atoms with Gasteiger partial charge in [0.1, 0.15) is 0 Å². The summed E-state index contributed by atoms with van der Waals surface area (Å²) in [7, 11) is 3.15. The van der Waals surface area contributed by atoms with Crippen LogP contribution in [0.4, 0.5) is 0 Å². The van der Waals surface area contributed by atoms with Crippen molar-refractivity contribution in [2.24, 2.45) is 17.8 Å². The first-order valence-corrected chi connectivity index (χ1v) is 8.44. The summed E-state index contributed by atoms with van der Waals surface area (Å²) in [6.07, 6.45) is 5.13. The van der Waals surface area contributed by atoms with E-state index in [-0.39, 0.29) is 11.8 Å². The molecule has 1 saturated heterocycles. The fourth-order valence-corrected chi connectivity index (χ4v) is 3.83. The number of fused-ring (bicyclic) bond motifs is 1. The van der Waals surface area contributed by atoms with Crippen LogP contribution in [0.15, 0.2) is 30.4 Å². The highest BCUT2D eigenvalue weighted by Gasteiger charge is 2.44. The van der Waals surface area contributed by atoms with Crippen molar-refractivity contribution in [3.8, 4) is 11.5 Å². The molecule has 1 aliphatic heterocycles. The molecule has 1 aromatic rings. The van der Waals surface area contributed by atoms with Crippen LogP contribution in [-0.4, -0.2) is 42.6 Å². The maximum Gasteiger partial charge on any atom is 0.307 e. The Morgan fingerprint density at radius 2 is 2.04 bits per heavy atom. The zero-order chi connectivity index (χ0) is 18.0. The molecule has 1 N–H and O–H groups in total. The summed E-state index contributed by atoms with van der Waals surface area (Å²) in [4.78, 5) is 26.2. The monoisotopic (exact) mass is 345 g/mol. The van der Waals surface area contributed by atoms with Crippen molar-refractivity contribution in [3.05, 3.63) is 35.9 Å². The number of amides is 1. The van der Waals surface area contributed by atoms with Gasteiger partial charge < -0.3 is 19.5 Å². The van der Waals surface area contributed by atoms with Crippen molar-refractivity contribution in [3.63, 3.8) is 0 Å². The molecule has 0 bridgehead atoms. The van der Waals surface area contributed by atoms with E-state index in [1.165, 1.54) is 0 Å². The number of ether oxygens (including phenoxy) is 2. The normalized spacial score (nSPS) is 25.4. The molecule has 1 aliphatic carbocycles. The number of methoxy groups -OCH3 is 2. The fraction of sp³-hybridized carbons (Fsp3) is 0.474. The Morgan fingerprint density at radius 3 is 2.72 bits per heavy atom. The van der Waals surface area contributed by atoms with Gasteiger partial charge in [-0.15, -0.1) is 0 Å². The maximum absolute atomic E-state index is 12.9. The number of hydrogen-bond acceptors (Lipinski definition) is 4. The minimum Gasteiger partial charge on any atom is -0.493 e. The van der Waals surface area contributed by atoms with Crippen molar-refractivity contribution in [1.82, 2.24) is 4.90 Å². The number of aliphatic carboxylic acids is 1. The van der Waals surface area contributed by atoms with Crippen LogP contribution in [0.3, 0.4) is 0 Å². The van der Waals surface area contributed by atoms with Gasteiger partial charge in [-0.25, -0.2) is 0 Å². The lowest BCUT2D eigenvalue weighted by atomic mass is 9.71. The van der Waals surface area contributed by atoms with Gasteiger partial charge in [-0.2, -0.15) is 0 Å². The summed E-state index contributed by atoms with van der Waals surface area (Å²) in [5.74, 6) is -0.759. The highest BCUT2D eigenvalue weighted by atomic mass is 16.5. The molecular formula is C19H23NO5. The number of allylic oxidation sites excluding steroid dienone is 2. The third-order valence-corrected chi connectivity index (χ3v) is 5.14. The number of carbonyl (C=O) groups excluding carboxylic acids is 1. The summed E-state index contributed by atoms with van der Waals surface area (Å²) < 4.78 is 10.5. The predicted molar refractivity (Wildman–Crippen MR) is 91.4 cm³/mol. The van der Waals surface area contributed by atoms with Crippen molar-refractivity contribution in [1.29, 1.82) is 0 Å². The van der Waals surface area contributed by atoms with Crippen LogP contribution in [0.1, 0.15) is 18.4 Å². The first-order valence-electron chi connectivity index (χ1n) is 8.44. The van der Waals surface area contributed by atoms with E-state index in [0.717, 1.165) is 12.0 Å². The molecule has 1 heterocycles. The Kier molecular flexibility index (Phi) is 4.97. The quantitative estimate of drug-likeness (QED) is 0.829. The molecule has 0 aromatic heterocycles. The van der Waals surface area contributed by atoms with Gasteiger partial charge in [0.05, 0.1) is 26.1 Å². The molecule has 0 saturated carbocycles. The molecule has 3 atom stereocenters. The van der Waals surface area contributed by atoms with E-state index in [4.69, 9.17) is 9.47 Å². The number of carboxylic acid groups (broad SMARTS) is 1. The lowest BCUT2D eigenvalue weighted by Gasteiger charge is -2.41. The lowest BCUT2D eigenvalue weighted by molar-refractivity contribution is -0.155. The van der Waals surface area contributed by atoms with Gasteiger partial charge >= 0.3 is 5.97 Å². The number of rotatable bonds is 5. The van der Waals surface area contributed by atoms with E-state index < -0.39 is 17.8 Å². The van der Waals surface area contributed by atoms with E-state index >= 15 is 0 Å². The molecule has 25 heavy (non-hydrogen) atoms. The van der Waals surface area contributed by atoms with Crippen LogP contribution in [0.25, 0.3) is 0 Å². The second-order valence-corrected chi connectivity index (χ2v) is 6.54. The average molecular weight is 345 g/mol. The molecule has 3 unspecified atom stereocenters. The van der Waals surface area contributed by atoms with Crippen LogP contribution in [0, 0.1) is 17.8 Å². The number of benzene rings is 1. The van der Waals surface area contributed by atoms with Crippen molar-refractivity contribution in [2.75, 3.05) is 20.8 Å². The Hall–Kier alpha value is -2.50. The van der Waals surface area contributed by atoms with Gasteiger partial charge in [0, 0.05) is 13.1 Å². The van der Waals surface area contributed by atoms with E-state index in [1.807, 2.05) is 30.4 Å². The van der Waals surface area contributed by atoms with Gasteiger partial charge in [-0.05, 0) is 36.5 Å². The number of carbonyl (C=O) groups is 2. The van der Waals surface area contributed by atoms with Crippen LogP contribution < -0.4 is 9.47 Å². The minimum atomic E-state index is -0.888. The smallest absolute Gasteiger partial charge is 0.307 e. The van der Waals surface area contributed by atoms with Crippen molar-refractivity contribution >= 4 is 11.9 Å². The second kappa shape index (κ2) is 7.17. The van der Waals surface area contributed by atoms with Crippen LogP contribution in [-0.2, 0) is 16.1 Å². The van der Waals surface area contributed by atoms with E-state index in [0.29, 0.717) is 31.0 Å². The molecule has 0 radical (unpaired) electrons. The average Bonchev–Trinajstić information content (AvgIpc) is 2.63. The summed E-state index contributed by atoms with van der Waals surface area (Å²) in [5, 5.41) is 9.46. The molecule has 1 fully saturated rings. The first-order chi connectivity index (χ1) is 12.0. The van der Waals surface area contributed by atoms with Gasteiger partial charge in [0.25, 0.3) is 0 Å². The summed E-state index contributed by atoms with van der Waals surface area (Å²) in [6.45, 7) is 1.07. The molecule has 134 valence electrons. The van der Waals surface area contributed by atoms with E-state index in [9.17, 15) is 14.7 Å². The Morgan fingerprint density at radius 1 is 1.28 bits per heavy atom. The standard InChI is InChI=1S/C19H23NO5/c1-24-15-7-6-12(10-16(15)25-2)11-20-9-8-13-4-3-5-14(19(22)23)17(13)18(20)21/h3-4,6-7,10,13-14,17H,5,8-9,11H2,1-2H3,(H,22,23). The Labute approximate surface area is 147 Å². The van der Waals surface area contributed by atoms with E-state index in [2.05, 4.69) is 0 Å². The summed E-state index contributed by atoms with van der Waals surface area (Å²) in [5.41, 5.74) is 0.933. The Bertz CT molecular complexity index is 699. The fourth-order valence-electron chi connectivity index (χ4n) is 3.83. The third-order valence-electron chi connectivity index (χ3n) is 5.14. The molecule has 1 amide bonds. The predicted octanol–water partition coefficient (Wildman–Crippen LogP) is 2.33. The van der Waals surface area contributed by atoms with Gasteiger partial charge in [0.2, 0.25) is 5.91 Å². The SMILES string of the molecule is COc1ccc(CN2CCC3C=CCC(C(=O)O)C3C2=O)cc1OC. The third kappa shape index (κ3) is 3.34. The lowest BCUT2D eigenvalue weighted by Crippen LogP contribution is -2.49. The van der Waals surface area contributed by atoms with E-state index in [1.54, 1.807) is 19.1 Å². The van der Waals surface area contributed by atoms with Crippen LogP contribution >= 0.6 is 0 Å². The maximum atomic E-state index is 12.9. The molecule has 3 rings (SSSR count). The largest absolute Gasteiger partial charge is 0.493 e. The minimum absolute atomic E-state index is 0.0315. The van der Waals surface area contributed by atoms with Crippen LogP contribution in [0.2, 0.25) is 0 Å². The number of carboxylic acids is 1. The highest BCUT2D eigenvalue weighted by Crippen LogP contribution is 2.38. The number of piperidine rings is 1. The molecule has 1 aromatic carbocycles. The summed E-state index contributed by atoms with van der Waals surface area (Å²) >= 11 is 0. The zero-order valence-electron chi connectivity index (χ0n) is 14.5. The number of hydrogen-bond donors (Lipinski definition) is 1. The molecule has 6 nitrogen and oxygen atoms in total. The Balaban J connectivity index is 1.79. The molecular weight excluding hydrogens is 322 g/mol. The van der Waals surface area contributed by atoms with Crippen molar-refractivity contribution in [2.45, 2.75) is 19.4 Å². The second-order valence-electron chi connectivity index (χ2n) is 6.54. The first kappa shape index (κ1) is 17.3. The van der Waals surface area contributed by atoms with Gasteiger partial charge in [-0.1, -0.05) is 18.2 Å². The van der Waals surface area contributed by atoms with Crippen molar-refractivity contribution < 1.29 is 24.2 Å². The van der Waals surface area contributed by atoms with Gasteiger partial charge in [0.15, 0.2) is 11.5 Å². The molecule has 2 aliphatic rings. The summed E-state index contributed by atoms with van der Waals surface area (Å²) in [6, 6.07) is 5.57. The number of nitrogens with zero attached hydrogens (tertiary/aromatic N) is 1. The highest BCUT2D eigenvalue weighted by molar-refractivity contribution is 5.86. The molecule has 0 spiro atoms.